The Morgan fingerprint density at radius 2 is 1.90 bits per heavy atom. The number of carbonyl (C=O) groups is 3. The zero-order chi connectivity index (χ0) is 22.5. The number of quaternary nitrogens is 1. The first-order valence-corrected chi connectivity index (χ1v) is 10.9. The van der Waals surface area contributed by atoms with Crippen LogP contribution in [0.2, 0.25) is 0 Å². The summed E-state index contributed by atoms with van der Waals surface area (Å²) in [5, 5.41) is 15.0. The van der Waals surface area contributed by atoms with Gasteiger partial charge < -0.3 is 30.8 Å². The first-order valence-electron chi connectivity index (χ1n) is 10.9. The van der Waals surface area contributed by atoms with E-state index in [1.165, 1.54) is 0 Å². The maximum absolute atomic E-state index is 12.8. The summed E-state index contributed by atoms with van der Waals surface area (Å²) in [6.45, 7) is 4.74. The third-order valence-electron chi connectivity index (χ3n) is 5.89. The van der Waals surface area contributed by atoms with Crippen molar-refractivity contribution in [2.45, 2.75) is 51.6 Å². The molecule has 1 aromatic heterocycles. The third-order valence-corrected chi connectivity index (χ3v) is 5.89. The molecule has 1 fully saturated rings. The number of hydrogen-bond donors (Lipinski definition) is 3. The molecule has 0 unspecified atom stereocenters. The lowest BCUT2D eigenvalue weighted by atomic mass is 9.94. The summed E-state index contributed by atoms with van der Waals surface area (Å²) in [5.41, 5.74) is 6.07. The number of likely N-dealkylation sites (tertiary alicyclic amines) is 1. The molecule has 2 amide bonds. The van der Waals surface area contributed by atoms with Gasteiger partial charge >= 0.3 is 0 Å². The lowest BCUT2D eigenvalue weighted by Crippen LogP contribution is -2.69. The molecule has 0 bridgehead atoms. The molecule has 2 heterocycles. The molecule has 3 rings (SSSR count). The van der Waals surface area contributed by atoms with Crippen molar-refractivity contribution < 1.29 is 25.2 Å². The van der Waals surface area contributed by atoms with E-state index in [1.54, 1.807) is 4.90 Å². The highest BCUT2D eigenvalue weighted by Gasteiger charge is 2.32. The number of para-hydroxylation sites is 1. The topological polar surface area (TPSA) is 133 Å². The maximum Gasteiger partial charge on any atom is 0.281 e. The van der Waals surface area contributed by atoms with Crippen LogP contribution in [0.1, 0.15) is 38.8 Å². The van der Waals surface area contributed by atoms with E-state index in [-0.39, 0.29) is 23.7 Å². The summed E-state index contributed by atoms with van der Waals surface area (Å²) >= 11 is 0. The lowest BCUT2D eigenvalue weighted by molar-refractivity contribution is -0.405. The molecule has 1 saturated heterocycles. The number of aromatic amines is 1. The number of H-pyrrole nitrogens is 1. The van der Waals surface area contributed by atoms with Crippen LogP contribution in [0.3, 0.4) is 0 Å². The summed E-state index contributed by atoms with van der Waals surface area (Å²) in [7, 11) is 0. The number of aliphatic carboxylic acids is 1. The van der Waals surface area contributed by atoms with Crippen molar-refractivity contribution in [3.8, 4) is 0 Å². The van der Waals surface area contributed by atoms with Crippen LogP contribution in [-0.2, 0) is 20.8 Å². The molecule has 31 heavy (non-hydrogen) atoms. The van der Waals surface area contributed by atoms with Crippen molar-refractivity contribution >= 4 is 28.7 Å². The molecule has 1 aromatic carbocycles. The second kappa shape index (κ2) is 9.96. The van der Waals surface area contributed by atoms with Crippen molar-refractivity contribution in [2.75, 3.05) is 13.1 Å². The summed E-state index contributed by atoms with van der Waals surface area (Å²) in [6.07, 6.45) is 1.88. The quantitative estimate of drug-likeness (QED) is 0.539. The van der Waals surface area contributed by atoms with E-state index in [4.69, 9.17) is 0 Å². The second-order valence-electron chi connectivity index (χ2n) is 8.89. The number of nitrogens with one attached hydrogen (secondary N) is 2. The average molecular weight is 429 g/mol. The molecule has 168 valence electrons. The van der Waals surface area contributed by atoms with E-state index in [2.05, 4.69) is 16.0 Å². The van der Waals surface area contributed by atoms with Gasteiger partial charge in [-0.1, -0.05) is 32.0 Å². The Hall–Kier alpha value is -2.87. The normalized spacial score (nSPS) is 17.0. The molecule has 8 heteroatoms. The van der Waals surface area contributed by atoms with Gasteiger partial charge in [-0.3, -0.25) is 9.59 Å². The largest absolute Gasteiger partial charge is 0.548 e. The highest BCUT2D eigenvalue weighted by Crippen LogP contribution is 2.20. The lowest BCUT2D eigenvalue weighted by Gasteiger charge is -2.33. The van der Waals surface area contributed by atoms with Crippen LogP contribution in [0.5, 0.6) is 0 Å². The number of hydrogen-bond acceptors (Lipinski definition) is 4. The average Bonchev–Trinajstić information content (AvgIpc) is 3.14. The number of piperidine rings is 1. The minimum Gasteiger partial charge on any atom is -0.548 e. The molecule has 8 nitrogen and oxygen atoms in total. The fourth-order valence-electron chi connectivity index (χ4n) is 4.19. The van der Waals surface area contributed by atoms with Crippen molar-refractivity contribution in [2.24, 2.45) is 11.8 Å². The Kier molecular flexibility index (Phi) is 7.33. The zero-order valence-electron chi connectivity index (χ0n) is 18.2. The van der Waals surface area contributed by atoms with Crippen LogP contribution in [0.15, 0.2) is 30.3 Å². The van der Waals surface area contributed by atoms with Crippen molar-refractivity contribution in [3.05, 3.63) is 36.0 Å². The van der Waals surface area contributed by atoms with E-state index in [0.29, 0.717) is 38.8 Å². The van der Waals surface area contributed by atoms with Gasteiger partial charge in [0.25, 0.3) is 5.91 Å². The van der Waals surface area contributed by atoms with Crippen molar-refractivity contribution in [1.82, 2.24) is 15.2 Å². The molecule has 2 atom stereocenters. The monoisotopic (exact) mass is 428 g/mol. The minimum absolute atomic E-state index is 0.0232. The summed E-state index contributed by atoms with van der Waals surface area (Å²) < 4.78 is 0. The molecule has 0 aliphatic carbocycles. The molecule has 0 spiro atoms. The van der Waals surface area contributed by atoms with Crippen LogP contribution in [-0.4, -0.2) is 52.8 Å². The molecule has 1 aliphatic rings. The zero-order valence-corrected chi connectivity index (χ0v) is 18.2. The van der Waals surface area contributed by atoms with Crippen LogP contribution < -0.4 is 16.2 Å². The number of carboxylic acid groups (broad SMARTS) is 1. The summed E-state index contributed by atoms with van der Waals surface area (Å²) in [6, 6.07) is 8.62. The SMILES string of the molecule is CC(C)C[C@H](NC(=O)C1CCN(C(=O)[C@@H]([NH3+])Cc2cc3ccccc3[nH]2)CC1)C(=O)[O-]. The molecule has 0 radical (unpaired) electrons. The Balaban J connectivity index is 1.50. The number of nitrogens with zero attached hydrogens (tertiary/aromatic N) is 1. The van der Waals surface area contributed by atoms with Crippen LogP contribution in [0, 0.1) is 11.8 Å². The minimum atomic E-state index is -1.26. The van der Waals surface area contributed by atoms with Gasteiger partial charge in [0.2, 0.25) is 5.91 Å². The predicted molar refractivity (Wildman–Crippen MR) is 114 cm³/mol. The van der Waals surface area contributed by atoms with Gasteiger partial charge in [-0.05, 0) is 42.7 Å². The molecule has 2 aromatic rings. The number of carbonyl (C=O) groups excluding carboxylic acids is 3. The van der Waals surface area contributed by atoms with Gasteiger partial charge in [-0.2, -0.15) is 0 Å². The first kappa shape index (κ1) is 22.8. The first-order chi connectivity index (χ1) is 14.7. The Labute approximate surface area is 182 Å². The van der Waals surface area contributed by atoms with E-state index < -0.39 is 18.1 Å². The van der Waals surface area contributed by atoms with E-state index in [0.717, 1.165) is 16.6 Å². The molecule has 1 aliphatic heterocycles. The number of aromatic nitrogens is 1. The number of rotatable bonds is 8. The van der Waals surface area contributed by atoms with E-state index in [1.807, 2.05) is 44.2 Å². The second-order valence-corrected chi connectivity index (χ2v) is 8.89. The number of carboxylic acids is 1. The highest BCUT2D eigenvalue weighted by molar-refractivity contribution is 5.85. The van der Waals surface area contributed by atoms with Crippen molar-refractivity contribution in [1.29, 1.82) is 0 Å². The molecular weight excluding hydrogens is 396 g/mol. The maximum atomic E-state index is 12.8. The van der Waals surface area contributed by atoms with E-state index in [9.17, 15) is 19.5 Å². The summed E-state index contributed by atoms with van der Waals surface area (Å²) in [4.78, 5) is 41.7. The molecular formula is C23H32N4O4. The van der Waals surface area contributed by atoms with Gasteiger partial charge in [0.05, 0.1) is 12.0 Å². The fourth-order valence-corrected chi connectivity index (χ4v) is 4.19. The summed E-state index contributed by atoms with van der Waals surface area (Å²) in [5.74, 6) is -1.72. The third kappa shape index (κ3) is 5.85. The number of benzene rings is 1. The van der Waals surface area contributed by atoms with Gasteiger partial charge in [0.1, 0.15) is 0 Å². The van der Waals surface area contributed by atoms with Crippen LogP contribution >= 0.6 is 0 Å². The Bertz CT molecular complexity index is 898. The van der Waals surface area contributed by atoms with E-state index >= 15 is 0 Å². The smallest absolute Gasteiger partial charge is 0.281 e. The molecule has 5 N–H and O–H groups in total. The van der Waals surface area contributed by atoms with Crippen LogP contribution in [0.4, 0.5) is 0 Å². The fraction of sp³-hybridized carbons (Fsp3) is 0.522. The van der Waals surface area contributed by atoms with Crippen LogP contribution in [0.25, 0.3) is 10.9 Å². The predicted octanol–water partition coefficient (Wildman–Crippen LogP) is -0.160. The Morgan fingerprint density at radius 1 is 1.23 bits per heavy atom. The van der Waals surface area contributed by atoms with Gasteiger partial charge in [-0.15, -0.1) is 0 Å². The van der Waals surface area contributed by atoms with Crippen molar-refractivity contribution in [3.63, 3.8) is 0 Å². The molecule has 0 saturated carbocycles. The Morgan fingerprint density at radius 3 is 2.52 bits per heavy atom. The van der Waals surface area contributed by atoms with Gasteiger partial charge in [-0.25, -0.2) is 0 Å². The number of fused-ring (bicyclic) bond motifs is 1. The standard InChI is InChI=1S/C23H32N4O4/c1-14(2)11-20(23(30)31)26-21(28)15-7-9-27(10-8-15)22(29)18(24)13-17-12-16-5-3-4-6-19(16)25-17/h3-6,12,14-15,18,20,25H,7-11,13,24H2,1-2H3,(H,26,28)(H,30,31)/t18-,20-/m0/s1. The van der Waals surface area contributed by atoms with Gasteiger partial charge in [0.15, 0.2) is 6.04 Å². The highest BCUT2D eigenvalue weighted by atomic mass is 16.4. The van der Waals surface area contributed by atoms with Gasteiger partial charge in [0, 0.05) is 36.6 Å². The number of amides is 2.